The van der Waals surface area contributed by atoms with Crippen LogP contribution in [-0.4, -0.2) is 23.3 Å². The Balaban J connectivity index is 2.08. The van der Waals surface area contributed by atoms with Gasteiger partial charge in [-0.15, -0.1) is 5.10 Å². The number of aromatic nitrogens is 2. The monoisotopic (exact) mass is 392 g/mol. The average Bonchev–Trinajstić information content (AvgIpc) is 2.58. The molecule has 0 atom stereocenters. The zero-order valence-electron chi connectivity index (χ0n) is 12.3. The third kappa shape index (κ3) is 3.00. The number of methoxy groups -OCH3 is 1. The summed E-state index contributed by atoms with van der Waals surface area (Å²) in [6.45, 7) is 0. The predicted molar refractivity (Wildman–Crippen MR) is 87.9 cm³/mol. The minimum Gasteiger partial charge on any atom is -0.465 e. The topological polar surface area (TPSA) is 81.3 Å². The molecule has 0 aliphatic heterocycles. The predicted octanol–water partition coefficient (Wildman–Crippen LogP) is 3.40. The molecule has 0 saturated heterocycles. The third-order valence-electron chi connectivity index (χ3n) is 3.27. The molecule has 8 heteroatoms. The number of esters is 1. The number of rotatable bonds is 3. The normalized spacial score (nSPS) is 10.6. The second-order valence-electron chi connectivity index (χ2n) is 4.78. The Bertz CT molecular complexity index is 1000. The summed E-state index contributed by atoms with van der Waals surface area (Å²) in [6.07, 6.45) is 0. The second-order valence-corrected chi connectivity index (χ2v) is 5.70. The summed E-state index contributed by atoms with van der Waals surface area (Å²) in [5.41, 5.74) is -0.621. The van der Waals surface area contributed by atoms with E-state index in [4.69, 9.17) is 4.74 Å². The molecular weight excluding hydrogens is 383 g/mol. The summed E-state index contributed by atoms with van der Waals surface area (Å²) in [6, 6.07) is 8.66. The van der Waals surface area contributed by atoms with Crippen LogP contribution in [0.3, 0.4) is 0 Å². The van der Waals surface area contributed by atoms with Gasteiger partial charge in [0.05, 0.1) is 23.4 Å². The van der Waals surface area contributed by atoms with Crippen molar-refractivity contribution in [1.82, 2.24) is 10.2 Å². The van der Waals surface area contributed by atoms with Crippen LogP contribution in [0, 0.1) is 5.82 Å². The van der Waals surface area contributed by atoms with Crippen molar-refractivity contribution in [2.24, 2.45) is 0 Å². The van der Waals surface area contributed by atoms with Crippen molar-refractivity contribution >= 4 is 32.7 Å². The van der Waals surface area contributed by atoms with Crippen LogP contribution < -0.4 is 10.3 Å². The maximum Gasteiger partial charge on any atom is 0.340 e. The largest absolute Gasteiger partial charge is 0.465 e. The molecule has 0 fully saturated rings. The summed E-state index contributed by atoms with van der Waals surface area (Å²) < 4.78 is 24.6. The molecule has 6 nitrogen and oxygen atoms in total. The van der Waals surface area contributed by atoms with Gasteiger partial charge in [0.2, 0.25) is 5.88 Å². The first kappa shape index (κ1) is 16.1. The van der Waals surface area contributed by atoms with Crippen LogP contribution in [-0.2, 0) is 4.74 Å². The van der Waals surface area contributed by atoms with Crippen molar-refractivity contribution in [3.05, 3.63) is 62.6 Å². The molecule has 1 heterocycles. The van der Waals surface area contributed by atoms with E-state index in [0.717, 1.165) is 17.6 Å². The number of fused-ring (bicyclic) bond motifs is 1. The fourth-order valence-electron chi connectivity index (χ4n) is 2.14. The number of aromatic amines is 1. The minimum absolute atomic E-state index is 0.119. The Hall–Kier alpha value is -2.74. The first-order chi connectivity index (χ1) is 11.5. The number of carbonyl (C=O) groups is 1. The van der Waals surface area contributed by atoms with E-state index in [0.29, 0.717) is 10.8 Å². The van der Waals surface area contributed by atoms with Gasteiger partial charge in [0.15, 0.2) is 0 Å². The highest BCUT2D eigenvalue weighted by atomic mass is 79.9. The Morgan fingerprint density at radius 1 is 1.21 bits per heavy atom. The van der Waals surface area contributed by atoms with E-state index in [-0.39, 0.29) is 22.8 Å². The highest BCUT2D eigenvalue weighted by Crippen LogP contribution is 2.29. The quantitative estimate of drug-likeness (QED) is 0.690. The van der Waals surface area contributed by atoms with Crippen molar-refractivity contribution in [3.8, 4) is 11.6 Å². The van der Waals surface area contributed by atoms with Crippen LogP contribution in [0.1, 0.15) is 10.4 Å². The lowest BCUT2D eigenvalue weighted by Gasteiger charge is -2.09. The van der Waals surface area contributed by atoms with E-state index in [2.05, 4.69) is 30.9 Å². The van der Waals surface area contributed by atoms with E-state index in [1.54, 1.807) is 18.2 Å². The maximum absolute atomic E-state index is 13.7. The van der Waals surface area contributed by atoms with Crippen molar-refractivity contribution < 1.29 is 18.7 Å². The molecule has 0 saturated carbocycles. The zero-order chi connectivity index (χ0) is 17.3. The SMILES string of the molecule is COC(=O)c1cc(Oc2n[nH]c(=O)c3ccc(Br)cc23)ccc1F. The van der Waals surface area contributed by atoms with Crippen LogP contribution >= 0.6 is 15.9 Å². The number of ether oxygens (including phenoxy) is 2. The van der Waals surface area contributed by atoms with Crippen molar-refractivity contribution in [2.75, 3.05) is 7.11 Å². The lowest BCUT2D eigenvalue weighted by Crippen LogP contribution is -2.09. The van der Waals surface area contributed by atoms with Crippen LogP contribution in [0.15, 0.2) is 45.7 Å². The molecule has 1 aromatic heterocycles. The standard InChI is InChI=1S/C16H10BrFN2O4/c1-23-16(22)12-7-9(3-5-13(12)18)24-15-11-6-8(17)2-4-10(11)14(21)19-20-15/h2-7H,1H3,(H,19,21). The van der Waals surface area contributed by atoms with E-state index >= 15 is 0 Å². The van der Waals surface area contributed by atoms with E-state index in [1.807, 2.05) is 0 Å². The summed E-state index contributed by atoms with van der Waals surface area (Å²) in [5, 5.41) is 7.06. The van der Waals surface area contributed by atoms with Gasteiger partial charge < -0.3 is 9.47 Å². The molecule has 2 aromatic carbocycles. The van der Waals surface area contributed by atoms with E-state index in [9.17, 15) is 14.0 Å². The van der Waals surface area contributed by atoms with Crippen molar-refractivity contribution in [1.29, 1.82) is 0 Å². The van der Waals surface area contributed by atoms with Gasteiger partial charge in [0.25, 0.3) is 5.56 Å². The number of carbonyl (C=O) groups excluding carboxylic acids is 1. The minimum atomic E-state index is -0.819. The number of hydrogen-bond acceptors (Lipinski definition) is 5. The summed E-state index contributed by atoms with van der Waals surface area (Å²) >= 11 is 3.32. The Labute approximate surface area is 143 Å². The lowest BCUT2D eigenvalue weighted by atomic mass is 10.2. The maximum atomic E-state index is 13.7. The first-order valence-corrected chi connectivity index (χ1v) is 7.52. The molecule has 3 aromatic rings. The zero-order valence-corrected chi connectivity index (χ0v) is 13.9. The molecule has 1 N–H and O–H groups in total. The van der Waals surface area contributed by atoms with Crippen molar-refractivity contribution in [2.45, 2.75) is 0 Å². The molecule has 122 valence electrons. The van der Waals surface area contributed by atoms with Crippen molar-refractivity contribution in [3.63, 3.8) is 0 Å². The smallest absolute Gasteiger partial charge is 0.340 e. The van der Waals surface area contributed by atoms with Gasteiger partial charge >= 0.3 is 5.97 Å². The fourth-order valence-corrected chi connectivity index (χ4v) is 2.50. The Morgan fingerprint density at radius 3 is 2.75 bits per heavy atom. The second kappa shape index (κ2) is 6.40. The van der Waals surface area contributed by atoms with E-state index < -0.39 is 11.8 Å². The van der Waals surface area contributed by atoms with Gasteiger partial charge in [0, 0.05) is 4.47 Å². The molecule has 0 aliphatic carbocycles. The lowest BCUT2D eigenvalue weighted by molar-refractivity contribution is 0.0595. The van der Waals surface area contributed by atoms with E-state index in [1.165, 1.54) is 12.1 Å². The summed E-state index contributed by atoms with van der Waals surface area (Å²) in [5.74, 6) is -1.25. The van der Waals surface area contributed by atoms with Gasteiger partial charge in [-0.3, -0.25) is 4.79 Å². The number of nitrogens with one attached hydrogen (secondary N) is 1. The van der Waals surface area contributed by atoms with Gasteiger partial charge in [-0.1, -0.05) is 15.9 Å². The molecule has 0 aliphatic rings. The molecule has 0 unspecified atom stereocenters. The average molecular weight is 393 g/mol. The fraction of sp³-hybridized carbons (Fsp3) is 0.0625. The number of benzene rings is 2. The number of hydrogen-bond donors (Lipinski definition) is 1. The van der Waals surface area contributed by atoms with Gasteiger partial charge in [-0.25, -0.2) is 14.3 Å². The van der Waals surface area contributed by atoms with Crippen LogP contribution in [0.4, 0.5) is 4.39 Å². The van der Waals surface area contributed by atoms with Gasteiger partial charge in [-0.05, 0) is 36.4 Å². The number of H-pyrrole nitrogens is 1. The van der Waals surface area contributed by atoms with Crippen LogP contribution in [0.5, 0.6) is 11.6 Å². The molecular formula is C16H10BrFN2O4. The van der Waals surface area contributed by atoms with Gasteiger partial charge in [-0.2, -0.15) is 0 Å². The highest BCUT2D eigenvalue weighted by molar-refractivity contribution is 9.10. The Morgan fingerprint density at radius 2 is 2.00 bits per heavy atom. The number of nitrogens with zero attached hydrogens (tertiary/aromatic N) is 1. The molecule has 0 amide bonds. The highest BCUT2D eigenvalue weighted by Gasteiger charge is 2.15. The van der Waals surface area contributed by atoms with Crippen LogP contribution in [0.2, 0.25) is 0 Å². The summed E-state index contributed by atoms with van der Waals surface area (Å²) in [7, 11) is 1.16. The third-order valence-corrected chi connectivity index (χ3v) is 3.77. The molecule has 0 spiro atoms. The van der Waals surface area contributed by atoms with Crippen LogP contribution in [0.25, 0.3) is 10.8 Å². The van der Waals surface area contributed by atoms with Gasteiger partial charge in [0.1, 0.15) is 11.6 Å². The number of halogens is 2. The molecule has 3 rings (SSSR count). The molecule has 0 radical (unpaired) electrons. The molecule has 24 heavy (non-hydrogen) atoms. The summed E-state index contributed by atoms with van der Waals surface area (Å²) in [4.78, 5) is 23.4. The first-order valence-electron chi connectivity index (χ1n) is 6.73. The Kier molecular flexibility index (Phi) is 4.30. The molecule has 0 bridgehead atoms.